The summed E-state index contributed by atoms with van der Waals surface area (Å²) >= 11 is 5.74. The van der Waals surface area contributed by atoms with Crippen LogP contribution in [0.4, 0.5) is 13.2 Å². The van der Waals surface area contributed by atoms with E-state index in [9.17, 15) is 13.2 Å². The van der Waals surface area contributed by atoms with Crippen molar-refractivity contribution in [2.75, 3.05) is 19.1 Å². The van der Waals surface area contributed by atoms with Crippen LogP contribution in [0.15, 0.2) is 0 Å². The summed E-state index contributed by atoms with van der Waals surface area (Å²) in [5, 5.41) is 0. The van der Waals surface area contributed by atoms with Gasteiger partial charge in [-0.25, -0.2) is 0 Å². The van der Waals surface area contributed by atoms with Gasteiger partial charge in [0.25, 0.3) is 0 Å². The van der Waals surface area contributed by atoms with E-state index < -0.39 is 12.8 Å². The van der Waals surface area contributed by atoms with Gasteiger partial charge in [-0.3, -0.25) is 0 Å². The van der Waals surface area contributed by atoms with Gasteiger partial charge in [0.2, 0.25) is 0 Å². The van der Waals surface area contributed by atoms with Crippen molar-refractivity contribution in [3.05, 3.63) is 0 Å². The molecule has 0 aromatic rings. The predicted octanol–water partition coefficient (Wildman–Crippen LogP) is 3.86. The first-order valence-corrected chi connectivity index (χ1v) is 5.40. The molecule has 0 heterocycles. The molecule has 1 nitrogen and oxygen atoms in total. The molecule has 92 valence electrons. The number of hydrogen-bond donors (Lipinski definition) is 0. The summed E-state index contributed by atoms with van der Waals surface area (Å²) in [6, 6.07) is 0. The molecule has 0 aliphatic carbocycles. The highest BCUT2D eigenvalue weighted by molar-refractivity contribution is 6.18. The molecule has 0 N–H and O–H groups in total. The quantitative estimate of drug-likeness (QED) is 0.529. The highest BCUT2D eigenvalue weighted by atomic mass is 35.5. The standard InChI is InChI=1S/C10H18ClF3O/c1-9(2,3)8(6-11)4-5-15-7-10(12,13)14/h8H,4-7H2,1-3H3. The van der Waals surface area contributed by atoms with Gasteiger partial charge < -0.3 is 4.74 Å². The van der Waals surface area contributed by atoms with Crippen molar-refractivity contribution in [3.63, 3.8) is 0 Å². The Hall–Kier alpha value is 0.0400. The molecule has 0 spiro atoms. The van der Waals surface area contributed by atoms with E-state index in [1.165, 1.54) is 0 Å². The molecule has 0 fully saturated rings. The van der Waals surface area contributed by atoms with Gasteiger partial charge in [0.1, 0.15) is 6.61 Å². The van der Waals surface area contributed by atoms with Crippen LogP contribution in [0.3, 0.4) is 0 Å². The topological polar surface area (TPSA) is 9.23 Å². The average Bonchev–Trinajstić information content (AvgIpc) is 1.99. The van der Waals surface area contributed by atoms with E-state index in [2.05, 4.69) is 4.74 Å². The molecule has 1 unspecified atom stereocenters. The largest absolute Gasteiger partial charge is 0.411 e. The fourth-order valence-corrected chi connectivity index (χ4v) is 1.77. The van der Waals surface area contributed by atoms with E-state index >= 15 is 0 Å². The van der Waals surface area contributed by atoms with E-state index in [4.69, 9.17) is 11.6 Å². The maximum absolute atomic E-state index is 11.7. The summed E-state index contributed by atoms with van der Waals surface area (Å²) in [6.07, 6.45) is -3.68. The van der Waals surface area contributed by atoms with Gasteiger partial charge in [0, 0.05) is 12.5 Å². The molecule has 0 aromatic heterocycles. The van der Waals surface area contributed by atoms with Crippen LogP contribution < -0.4 is 0 Å². The van der Waals surface area contributed by atoms with E-state index in [1.54, 1.807) is 0 Å². The van der Waals surface area contributed by atoms with Crippen molar-refractivity contribution in [2.45, 2.75) is 33.4 Å². The molecule has 0 radical (unpaired) electrons. The molecule has 0 aromatic carbocycles. The SMILES string of the molecule is CC(C)(C)C(CCl)CCOCC(F)(F)F. The summed E-state index contributed by atoms with van der Waals surface area (Å²) in [6.45, 7) is 4.98. The molecule has 0 saturated carbocycles. The first-order chi connectivity index (χ1) is 6.67. The number of rotatable bonds is 5. The lowest BCUT2D eigenvalue weighted by Gasteiger charge is -2.28. The van der Waals surface area contributed by atoms with E-state index in [1.807, 2.05) is 20.8 Å². The second kappa shape index (κ2) is 5.94. The Balaban J connectivity index is 3.75. The number of halogens is 4. The number of hydrogen-bond acceptors (Lipinski definition) is 1. The zero-order valence-corrected chi connectivity index (χ0v) is 10.1. The van der Waals surface area contributed by atoms with Crippen molar-refractivity contribution in [3.8, 4) is 0 Å². The molecular weight excluding hydrogens is 229 g/mol. The summed E-state index contributed by atoms with van der Waals surface area (Å²) in [7, 11) is 0. The summed E-state index contributed by atoms with van der Waals surface area (Å²) in [5.41, 5.74) is 0.00332. The number of alkyl halides is 4. The normalized spacial score (nSPS) is 15.4. The first-order valence-electron chi connectivity index (χ1n) is 4.87. The van der Waals surface area contributed by atoms with E-state index in [0.717, 1.165) is 0 Å². The maximum atomic E-state index is 11.7. The molecule has 0 amide bonds. The van der Waals surface area contributed by atoms with Crippen LogP contribution in [0.5, 0.6) is 0 Å². The average molecular weight is 247 g/mol. The Morgan fingerprint density at radius 1 is 1.20 bits per heavy atom. The summed E-state index contributed by atoms with van der Waals surface area (Å²) in [4.78, 5) is 0. The zero-order chi connectivity index (χ0) is 12.1. The van der Waals surface area contributed by atoms with Gasteiger partial charge >= 0.3 is 6.18 Å². The summed E-state index contributed by atoms with van der Waals surface area (Å²) in [5.74, 6) is 0.617. The minimum atomic E-state index is -4.24. The molecule has 0 rings (SSSR count). The van der Waals surface area contributed by atoms with Crippen molar-refractivity contribution in [1.82, 2.24) is 0 Å². The van der Waals surface area contributed by atoms with Gasteiger partial charge in [-0.15, -0.1) is 11.6 Å². The van der Waals surface area contributed by atoms with Crippen LogP contribution in [0.1, 0.15) is 27.2 Å². The molecule has 5 heteroatoms. The van der Waals surface area contributed by atoms with Crippen LogP contribution in [0.25, 0.3) is 0 Å². The van der Waals surface area contributed by atoms with Gasteiger partial charge in [-0.1, -0.05) is 20.8 Å². The van der Waals surface area contributed by atoms with Crippen molar-refractivity contribution >= 4 is 11.6 Å². The van der Waals surface area contributed by atoms with Crippen molar-refractivity contribution in [1.29, 1.82) is 0 Å². The lowest BCUT2D eigenvalue weighted by molar-refractivity contribution is -0.174. The second-order valence-electron chi connectivity index (χ2n) is 4.67. The Bertz CT molecular complexity index is 174. The van der Waals surface area contributed by atoms with Gasteiger partial charge in [0.05, 0.1) is 0 Å². The van der Waals surface area contributed by atoms with Crippen molar-refractivity contribution in [2.24, 2.45) is 11.3 Å². The lowest BCUT2D eigenvalue weighted by atomic mass is 9.80. The maximum Gasteiger partial charge on any atom is 0.411 e. The summed E-state index contributed by atoms with van der Waals surface area (Å²) < 4.78 is 39.8. The predicted molar refractivity (Wildman–Crippen MR) is 55.2 cm³/mol. The van der Waals surface area contributed by atoms with Gasteiger partial charge in [0.15, 0.2) is 0 Å². The minimum absolute atomic E-state index is 0.00332. The molecular formula is C10H18ClF3O. The Morgan fingerprint density at radius 2 is 1.73 bits per heavy atom. The smallest absolute Gasteiger partial charge is 0.372 e. The fraction of sp³-hybridized carbons (Fsp3) is 1.00. The zero-order valence-electron chi connectivity index (χ0n) is 9.33. The van der Waals surface area contributed by atoms with Gasteiger partial charge in [-0.05, 0) is 17.8 Å². The highest BCUT2D eigenvalue weighted by Crippen LogP contribution is 2.29. The van der Waals surface area contributed by atoms with E-state index in [0.29, 0.717) is 12.3 Å². The lowest BCUT2D eigenvalue weighted by Crippen LogP contribution is -2.25. The number of ether oxygens (including phenoxy) is 1. The Kier molecular flexibility index (Phi) is 5.96. The molecule has 0 aliphatic rings. The monoisotopic (exact) mass is 246 g/mol. The third-order valence-corrected chi connectivity index (χ3v) is 2.66. The third kappa shape index (κ3) is 7.91. The Morgan fingerprint density at radius 3 is 2.07 bits per heavy atom. The third-order valence-electron chi connectivity index (χ3n) is 2.29. The van der Waals surface area contributed by atoms with Crippen LogP contribution in [-0.2, 0) is 4.74 Å². The first kappa shape index (κ1) is 15.0. The van der Waals surface area contributed by atoms with Crippen LogP contribution >= 0.6 is 11.6 Å². The minimum Gasteiger partial charge on any atom is -0.372 e. The highest BCUT2D eigenvalue weighted by Gasteiger charge is 2.28. The van der Waals surface area contributed by atoms with Crippen LogP contribution in [-0.4, -0.2) is 25.3 Å². The Labute approximate surface area is 93.9 Å². The second-order valence-corrected chi connectivity index (χ2v) is 4.98. The van der Waals surface area contributed by atoms with Crippen LogP contribution in [0, 0.1) is 11.3 Å². The van der Waals surface area contributed by atoms with Crippen molar-refractivity contribution < 1.29 is 17.9 Å². The molecule has 0 saturated heterocycles. The fourth-order valence-electron chi connectivity index (χ4n) is 1.16. The molecule has 15 heavy (non-hydrogen) atoms. The molecule has 0 aliphatic heterocycles. The van der Waals surface area contributed by atoms with E-state index in [-0.39, 0.29) is 17.9 Å². The molecule has 1 atom stereocenters. The molecule has 0 bridgehead atoms. The van der Waals surface area contributed by atoms with Crippen LogP contribution in [0.2, 0.25) is 0 Å². The van der Waals surface area contributed by atoms with Gasteiger partial charge in [-0.2, -0.15) is 13.2 Å².